The Morgan fingerprint density at radius 3 is 2.73 bits per heavy atom. The first-order valence-electron chi connectivity index (χ1n) is 3.60. The fraction of sp³-hybridized carbons (Fsp3) is 0.857. The van der Waals surface area contributed by atoms with Gasteiger partial charge in [-0.3, -0.25) is 4.79 Å². The molecular formula is C7H13ClO3. The number of aliphatic hydroxyl groups excluding tert-OH is 1. The lowest BCUT2D eigenvalue weighted by atomic mass is 10.3. The molecule has 66 valence electrons. The highest BCUT2D eigenvalue weighted by atomic mass is 35.5. The second-order valence-corrected chi connectivity index (χ2v) is 2.51. The van der Waals surface area contributed by atoms with Crippen molar-refractivity contribution in [1.82, 2.24) is 0 Å². The lowest BCUT2D eigenvalue weighted by Crippen LogP contribution is -2.23. The lowest BCUT2D eigenvalue weighted by Gasteiger charge is -2.11. The van der Waals surface area contributed by atoms with Crippen LogP contribution in [-0.4, -0.2) is 29.7 Å². The molecule has 0 spiro atoms. The molecule has 0 heterocycles. The van der Waals surface area contributed by atoms with Gasteiger partial charge >= 0.3 is 5.97 Å². The van der Waals surface area contributed by atoms with Crippen LogP contribution in [0.25, 0.3) is 0 Å². The molecule has 0 aliphatic carbocycles. The highest BCUT2D eigenvalue weighted by Gasteiger charge is 2.10. The summed E-state index contributed by atoms with van der Waals surface area (Å²) in [6.45, 7) is 1.68. The topological polar surface area (TPSA) is 46.5 Å². The van der Waals surface area contributed by atoms with E-state index in [9.17, 15) is 4.79 Å². The predicted molar refractivity (Wildman–Crippen MR) is 42.6 cm³/mol. The molecule has 0 fully saturated rings. The van der Waals surface area contributed by atoms with E-state index in [1.165, 1.54) is 0 Å². The minimum atomic E-state index is -0.546. The molecule has 1 N–H and O–H groups in total. The molecule has 0 aliphatic rings. The van der Waals surface area contributed by atoms with Crippen LogP contribution in [0.4, 0.5) is 0 Å². The quantitative estimate of drug-likeness (QED) is 0.506. The highest BCUT2D eigenvalue weighted by molar-refractivity contribution is 6.18. The fourth-order valence-corrected chi connectivity index (χ4v) is 0.727. The summed E-state index contributed by atoms with van der Waals surface area (Å²) in [6.07, 6.45) is 0.586. The first-order valence-corrected chi connectivity index (χ1v) is 4.14. The molecule has 0 aliphatic heterocycles. The normalized spacial score (nSPS) is 12.6. The van der Waals surface area contributed by atoms with Crippen LogP contribution < -0.4 is 0 Å². The van der Waals surface area contributed by atoms with Gasteiger partial charge in [0.25, 0.3) is 0 Å². The van der Waals surface area contributed by atoms with Crippen LogP contribution >= 0.6 is 11.6 Å². The minimum absolute atomic E-state index is 0.145. The predicted octanol–water partition coefficient (Wildman–Crippen LogP) is 0.929. The molecule has 1 atom stereocenters. The number of carbonyl (C=O) groups excluding carboxylic acids is 1. The zero-order chi connectivity index (χ0) is 8.69. The second-order valence-electron chi connectivity index (χ2n) is 2.20. The molecule has 0 rings (SSSR count). The molecule has 0 saturated carbocycles. The Balaban J connectivity index is 3.54. The second kappa shape index (κ2) is 6.43. The van der Waals surface area contributed by atoms with Crippen LogP contribution in [0.5, 0.6) is 0 Å². The van der Waals surface area contributed by atoms with Gasteiger partial charge in [0.2, 0.25) is 0 Å². The van der Waals surface area contributed by atoms with E-state index in [0.717, 1.165) is 6.42 Å². The molecule has 0 bridgehead atoms. The Labute approximate surface area is 71.3 Å². The maximum absolute atomic E-state index is 10.8. The number of carbonyl (C=O) groups is 1. The van der Waals surface area contributed by atoms with Gasteiger partial charge in [0.15, 0.2) is 0 Å². The average Bonchev–Trinajstić information content (AvgIpc) is 2.01. The van der Waals surface area contributed by atoms with Crippen LogP contribution in [0.1, 0.15) is 19.8 Å². The van der Waals surface area contributed by atoms with Gasteiger partial charge in [-0.2, -0.15) is 0 Å². The van der Waals surface area contributed by atoms with E-state index in [1.807, 2.05) is 6.92 Å². The maximum atomic E-state index is 10.8. The number of alkyl halides is 1. The third-order valence-electron chi connectivity index (χ3n) is 1.13. The number of hydrogen-bond donors (Lipinski definition) is 1. The van der Waals surface area contributed by atoms with E-state index >= 15 is 0 Å². The van der Waals surface area contributed by atoms with E-state index in [2.05, 4.69) is 0 Å². The number of rotatable bonds is 5. The molecule has 3 nitrogen and oxygen atoms in total. The van der Waals surface area contributed by atoms with Crippen LogP contribution in [0.2, 0.25) is 0 Å². The highest BCUT2D eigenvalue weighted by Crippen LogP contribution is 1.98. The Bertz CT molecular complexity index is 112. The fourth-order valence-electron chi connectivity index (χ4n) is 0.567. The van der Waals surface area contributed by atoms with Gasteiger partial charge in [-0.25, -0.2) is 0 Å². The van der Waals surface area contributed by atoms with Crippen molar-refractivity contribution in [3.8, 4) is 0 Å². The van der Waals surface area contributed by atoms with E-state index in [1.54, 1.807) is 0 Å². The third kappa shape index (κ3) is 5.04. The Morgan fingerprint density at radius 2 is 2.36 bits per heavy atom. The molecule has 0 saturated heterocycles. The largest absolute Gasteiger partial charge is 0.459 e. The number of ether oxygens (including phenoxy) is 1. The van der Waals surface area contributed by atoms with Gasteiger partial charge in [0.05, 0.1) is 12.5 Å². The van der Waals surface area contributed by atoms with E-state index in [4.69, 9.17) is 21.4 Å². The SMILES string of the molecule is CCCC(=O)O[C@@H](CO)CCl. The monoisotopic (exact) mass is 180 g/mol. The van der Waals surface area contributed by atoms with Gasteiger partial charge in [0, 0.05) is 6.42 Å². The Kier molecular flexibility index (Phi) is 6.27. The molecule has 0 aromatic heterocycles. The van der Waals surface area contributed by atoms with Crippen LogP contribution in [0.3, 0.4) is 0 Å². The van der Waals surface area contributed by atoms with Crippen molar-refractivity contribution >= 4 is 17.6 Å². The first kappa shape index (κ1) is 10.7. The Hall–Kier alpha value is -0.280. The van der Waals surface area contributed by atoms with E-state index < -0.39 is 6.10 Å². The van der Waals surface area contributed by atoms with Crippen molar-refractivity contribution in [2.24, 2.45) is 0 Å². The maximum Gasteiger partial charge on any atom is 0.306 e. The van der Waals surface area contributed by atoms with Crippen molar-refractivity contribution in [2.45, 2.75) is 25.9 Å². The smallest absolute Gasteiger partial charge is 0.306 e. The molecule has 0 amide bonds. The summed E-state index contributed by atoms with van der Waals surface area (Å²) in [5.41, 5.74) is 0. The third-order valence-corrected chi connectivity index (χ3v) is 1.47. The summed E-state index contributed by atoms with van der Waals surface area (Å²) in [5.74, 6) is -0.154. The van der Waals surface area contributed by atoms with E-state index in [0.29, 0.717) is 6.42 Å². The summed E-state index contributed by atoms with van der Waals surface area (Å²) < 4.78 is 4.77. The lowest BCUT2D eigenvalue weighted by molar-refractivity contribution is -0.149. The molecule has 0 radical (unpaired) electrons. The molecule has 4 heteroatoms. The Morgan fingerprint density at radius 1 is 1.73 bits per heavy atom. The number of aliphatic hydroxyl groups is 1. The molecule has 0 unspecified atom stereocenters. The van der Waals surface area contributed by atoms with Crippen molar-refractivity contribution in [3.05, 3.63) is 0 Å². The van der Waals surface area contributed by atoms with Crippen molar-refractivity contribution < 1.29 is 14.6 Å². The van der Waals surface area contributed by atoms with Gasteiger partial charge in [-0.1, -0.05) is 6.92 Å². The van der Waals surface area contributed by atoms with Crippen molar-refractivity contribution in [2.75, 3.05) is 12.5 Å². The standard InChI is InChI=1S/C7H13ClO3/c1-2-3-7(10)11-6(4-8)5-9/h6,9H,2-5H2,1H3/t6-/m1/s1. The van der Waals surface area contributed by atoms with Gasteiger partial charge in [-0.15, -0.1) is 11.6 Å². The number of hydrogen-bond acceptors (Lipinski definition) is 3. The summed E-state index contributed by atoms with van der Waals surface area (Å²) in [4.78, 5) is 10.8. The molecule has 0 aromatic rings. The zero-order valence-electron chi connectivity index (χ0n) is 6.55. The number of halogens is 1. The minimum Gasteiger partial charge on any atom is -0.459 e. The van der Waals surface area contributed by atoms with Crippen molar-refractivity contribution in [1.29, 1.82) is 0 Å². The van der Waals surface area contributed by atoms with E-state index in [-0.39, 0.29) is 18.5 Å². The molecule has 11 heavy (non-hydrogen) atoms. The summed E-state index contributed by atoms with van der Waals surface area (Å²) >= 11 is 5.37. The average molecular weight is 181 g/mol. The first-order chi connectivity index (χ1) is 5.24. The van der Waals surface area contributed by atoms with Crippen LogP contribution in [-0.2, 0) is 9.53 Å². The van der Waals surface area contributed by atoms with Gasteiger partial charge < -0.3 is 9.84 Å². The van der Waals surface area contributed by atoms with Crippen LogP contribution in [0.15, 0.2) is 0 Å². The van der Waals surface area contributed by atoms with Gasteiger partial charge in [-0.05, 0) is 6.42 Å². The molecule has 0 aromatic carbocycles. The summed E-state index contributed by atoms with van der Waals surface area (Å²) in [5, 5.41) is 8.58. The van der Waals surface area contributed by atoms with Crippen molar-refractivity contribution in [3.63, 3.8) is 0 Å². The van der Waals surface area contributed by atoms with Crippen LogP contribution in [0, 0.1) is 0 Å². The zero-order valence-corrected chi connectivity index (χ0v) is 7.30. The molecular weight excluding hydrogens is 168 g/mol. The summed E-state index contributed by atoms with van der Waals surface area (Å²) in [6, 6.07) is 0. The number of esters is 1. The summed E-state index contributed by atoms with van der Waals surface area (Å²) in [7, 11) is 0. The van der Waals surface area contributed by atoms with Gasteiger partial charge in [0.1, 0.15) is 6.10 Å².